The summed E-state index contributed by atoms with van der Waals surface area (Å²) in [4.78, 5) is 20.2. The normalized spacial score (nSPS) is 14.3. The van der Waals surface area contributed by atoms with Gasteiger partial charge in [-0.05, 0) is 56.0 Å². The SMILES string of the molecule is C#Cc1c(-c2ccc(NC(=O)OC(C)C(F)(F)F)cc2)n(C2CCC2)c2cc(OCc3cnccn3)ccc12. The Labute approximate surface area is 223 Å². The number of nitrogens with one attached hydrogen (secondary N) is 1. The maximum atomic E-state index is 12.7. The van der Waals surface area contributed by atoms with Crippen LogP contribution in [0.5, 0.6) is 5.75 Å². The van der Waals surface area contributed by atoms with Gasteiger partial charge in [-0.3, -0.25) is 15.3 Å². The Bertz CT molecular complexity index is 1520. The zero-order valence-electron chi connectivity index (χ0n) is 21.0. The molecule has 1 N–H and O–H groups in total. The van der Waals surface area contributed by atoms with E-state index in [4.69, 9.17) is 11.2 Å². The highest BCUT2D eigenvalue weighted by Crippen LogP contribution is 2.43. The molecular weight excluding hydrogens is 509 g/mol. The summed E-state index contributed by atoms with van der Waals surface area (Å²) >= 11 is 0. The quantitative estimate of drug-likeness (QED) is 0.262. The first-order valence-corrected chi connectivity index (χ1v) is 12.4. The van der Waals surface area contributed by atoms with E-state index in [1.165, 1.54) is 0 Å². The van der Waals surface area contributed by atoms with Crippen molar-refractivity contribution in [1.82, 2.24) is 14.5 Å². The Morgan fingerprint density at radius 2 is 1.97 bits per heavy atom. The molecular formula is C29H25F3N4O3. The van der Waals surface area contributed by atoms with Gasteiger partial charge in [0.05, 0.1) is 28.7 Å². The Hall–Kier alpha value is -4.52. The first-order valence-electron chi connectivity index (χ1n) is 12.4. The fraction of sp³-hybridized carbons (Fsp3) is 0.276. The molecule has 1 atom stereocenters. The maximum Gasteiger partial charge on any atom is 0.425 e. The molecule has 0 spiro atoms. The third-order valence-corrected chi connectivity index (χ3v) is 6.71. The number of carbonyl (C=O) groups excluding carboxylic acids is 1. The first-order chi connectivity index (χ1) is 18.7. The van der Waals surface area contributed by atoms with Crippen molar-refractivity contribution in [2.45, 2.75) is 51.1 Å². The number of anilines is 1. The third kappa shape index (κ3) is 5.53. The smallest absolute Gasteiger partial charge is 0.425 e. The highest BCUT2D eigenvalue weighted by molar-refractivity contribution is 5.96. The number of rotatable bonds is 7. The van der Waals surface area contributed by atoms with Gasteiger partial charge in [-0.25, -0.2) is 4.79 Å². The van der Waals surface area contributed by atoms with Crippen LogP contribution in [0.1, 0.15) is 43.5 Å². The van der Waals surface area contributed by atoms with Crippen LogP contribution in [0.25, 0.3) is 22.2 Å². The van der Waals surface area contributed by atoms with E-state index in [1.807, 2.05) is 18.2 Å². The zero-order valence-corrected chi connectivity index (χ0v) is 21.0. The van der Waals surface area contributed by atoms with Crippen molar-refractivity contribution in [2.75, 3.05) is 5.32 Å². The lowest BCUT2D eigenvalue weighted by Gasteiger charge is -2.30. The van der Waals surface area contributed by atoms with Crippen molar-refractivity contribution in [3.05, 3.63) is 72.3 Å². The highest BCUT2D eigenvalue weighted by atomic mass is 19.4. The standard InChI is InChI=1S/C29H25F3N4O3/c1-3-24-25-12-11-23(38-17-21-16-33-13-14-34-21)15-26(25)36(22-5-4-6-22)27(24)19-7-9-20(10-8-19)35-28(37)39-18(2)29(30,31)32/h1,7-16,18,22H,4-6,17H2,2H3,(H,35,37). The van der Waals surface area contributed by atoms with Gasteiger partial charge in [0.15, 0.2) is 6.10 Å². The number of hydrogen-bond donors (Lipinski definition) is 1. The lowest BCUT2D eigenvalue weighted by Crippen LogP contribution is -2.32. The van der Waals surface area contributed by atoms with Crippen molar-refractivity contribution in [3.8, 4) is 29.4 Å². The molecule has 39 heavy (non-hydrogen) atoms. The van der Waals surface area contributed by atoms with Crippen LogP contribution in [0, 0.1) is 12.3 Å². The molecule has 10 heteroatoms. The van der Waals surface area contributed by atoms with Crippen molar-refractivity contribution in [2.24, 2.45) is 0 Å². The number of hydrogen-bond acceptors (Lipinski definition) is 5. The second kappa shape index (κ2) is 10.7. The summed E-state index contributed by atoms with van der Waals surface area (Å²) in [5.74, 6) is 3.52. The Morgan fingerprint density at radius 3 is 2.59 bits per heavy atom. The molecule has 2 aromatic carbocycles. The summed E-state index contributed by atoms with van der Waals surface area (Å²) in [6.45, 7) is 1.05. The molecule has 5 rings (SSSR count). The molecule has 2 heterocycles. The third-order valence-electron chi connectivity index (χ3n) is 6.71. The predicted molar refractivity (Wildman–Crippen MR) is 140 cm³/mol. The van der Waals surface area contributed by atoms with Crippen molar-refractivity contribution in [3.63, 3.8) is 0 Å². The van der Waals surface area contributed by atoms with Gasteiger partial charge in [0, 0.05) is 35.6 Å². The number of aromatic nitrogens is 3. The summed E-state index contributed by atoms with van der Waals surface area (Å²) in [6, 6.07) is 12.8. The van der Waals surface area contributed by atoms with E-state index in [0.717, 1.165) is 53.9 Å². The van der Waals surface area contributed by atoms with Crippen LogP contribution in [0.4, 0.5) is 23.7 Å². The van der Waals surface area contributed by atoms with Crippen molar-refractivity contribution < 1.29 is 27.4 Å². The monoisotopic (exact) mass is 534 g/mol. The van der Waals surface area contributed by atoms with Gasteiger partial charge in [-0.2, -0.15) is 13.2 Å². The molecule has 0 bridgehead atoms. The van der Waals surface area contributed by atoms with Crippen LogP contribution in [-0.4, -0.2) is 32.9 Å². The molecule has 4 aromatic rings. The molecule has 0 radical (unpaired) electrons. The first kappa shape index (κ1) is 26.1. The van der Waals surface area contributed by atoms with Crippen molar-refractivity contribution in [1.29, 1.82) is 0 Å². The van der Waals surface area contributed by atoms with Crippen LogP contribution < -0.4 is 10.1 Å². The van der Waals surface area contributed by atoms with E-state index in [9.17, 15) is 18.0 Å². The average Bonchev–Trinajstić information content (AvgIpc) is 3.20. The van der Waals surface area contributed by atoms with Crippen molar-refractivity contribution >= 4 is 22.7 Å². The fourth-order valence-electron chi connectivity index (χ4n) is 4.48. The summed E-state index contributed by atoms with van der Waals surface area (Å²) in [5.41, 5.74) is 4.37. The van der Waals surface area contributed by atoms with Crippen LogP contribution in [0.2, 0.25) is 0 Å². The van der Waals surface area contributed by atoms with E-state index >= 15 is 0 Å². The Balaban J connectivity index is 1.45. The van der Waals surface area contributed by atoms with Gasteiger partial charge in [-0.1, -0.05) is 18.1 Å². The van der Waals surface area contributed by atoms with Crippen LogP contribution in [-0.2, 0) is 11.3 Å². The number of carbonyl (C=O) groups is 1. The number of alkyl halides is 3. The van der Waals surface area contributed by atoms with Crippen LogP contribution in [0.15, 0.2) is 61.1 Å². The highest BCUT2D eigenvalue weighted by Gasteiger charge is 2.39. The van der Waals surface area contributed by atoms with Crippen LogP contribution >= 0.6 is 0 Å². The number of nitrogens with zero attached hydrogens (tertiary/aromatic N) is 3. The maximum absolute atomic E-state index is 12.7. The summed E-state index contributed by atoms with van der Waals surface area (Å²) in [7, 11) is 0. The lowest BCUT2D eigenvalue weighted by molar-refractivity contribution is -0.196. The molecule has 2 aromatic heterocycles. The number of benzene rings is 2. The number of amides is 1. The molecule has 1 saturated carbocycles. The van der Waals surface area contributed by atoms with Gasteiger partial charge < -0.3 is 14.0 Å². The van der Waals surface area contributed by atoms with E-state index < -0.39 is 18.4 Å². The lowest BCUT2D eigenvalue weighted by atomic mass is 9.92. The molecule has 1 aliphatic carbocycles. The summed E-state index contributed by atoms with van der Waals surface area (Å²) < 4.78 is 50.7. The second-order valence-electron chi connectivity index (χ2n) is 9.28. The van der Waals surface area contributed by atoms with Gasteiger partial charge in [0.1, 0.15) is 12.4 Å². The molecule has 1 aliphatic rings. The van der Waals surface area contributed by atoms with Gasteiger partial charge in [0.2, 0.25) is 0 Å². The van der Waals surface area contributed by atoms with E-state index in [0.29, 0.717) is 17.1 Å². The number of ether oxygens (including phenoxy) is 2. The topological polar surface area (TPSA) is 78.3 Å². The Morgan fingerprint density at radius 1 is 1.21 bits per heavy atom. The second-order valence-corrected chi connectivity index (χ2v) is 9.28. The van der Waals surface area contributed by atoms with E-state index in [1.54, 1.807) is 42.9 Å². The minimum atomic E-state index is -4.64. The number of fused-ring (bicyclic) bond motifs is 1. The van der Waals surface area contributed by atoms with E-state index in [-0.39, 0.29) is 12.6 Å². The molecule has 7 nitrogen and oxygen atoms in total. The molecule has 0 saturated heterocycles. The average molecular weight is 535 g/mol. The van der Waals surface area contributed by atoms with Gasteiger partial charge in [0.25, 0.3) is 0 Å². The zero-order chi connectivity index (χ0) is 27.6. The number of halogens is 3. The molecule has 1 amide bonds. The molecule has 200 valence electrons. The van der Waals surface area contributed by atoms with Gasteiger partial charge >= 0.3 is 12.3 Å². The molecule has 1 fully saturated rings. The summed E-state index contributed by atoms with van der Waals surface area (Å²) in [5, 5.41) is 3.25. The minimum Gasteiger partial charge on any atom is -0.487 e. The van der Waals surface area contributed by atoms with Gasteiger partial charge in [-0.15, -0.1) is 6.42 Å². The predicted octanol–water partition coefficient (Wildman–Crippen LogP) is 6.88. The largest absolute Gasteiger partial charge is 0.487 e. The van der Waals surface area contributed by atoms with Crippen LogP contribution in [0.3, 0.4) is 0 Å². The minimum absolute atomic E-state index is 0.261. The summed E-state index contributed by atoms with van der Waals surface area (Å²) in [6.07, 6.45) is 5.96. The fourth-order valence-corrected chi connectivity index (χ4v) is 4.48. The number of terminal acetylenes is 1. The molecule has 0 aliphatic heterocycles. The van der Waals surface area contributed by atoms with E-state index in [2.05, 4.69) is 30.5 Å². The Kier molecular flexibility index (Phi) is 7.15. The molecule has 1 unspecified atom stereocenters.